The fraction of sp³-hybridized carbons (Fsp3) is 0.500. The van der Waals surface area contributed by atoms with E-state index in [4.69, 9.17) is 0 Å². The molecule has 2 heterocycles. The van der Waals surface area contributed by atoms with E-state index in [1.54, 1.807) is 17.0 Å². The number of ether oxygens (including phenoxy) is 1. The van der Waals surface area contributed by atoms with E-state index in [1.165, 1.54) is 25.0 Å². The number of nitrogens with zero attached hydrogens (tertiary/aromatic N) is 3. The first-order valence-corrected chi connectivity index (χ1v) is 9.45. The van der Waals surface area contributed by atoms with Gasteiger partial charge >= 0.3 is 6.61 Å². The number of benzene rings is 1. The van der Waals surface area contributed by atoms with E-state index in [-0.39, 0.29) is 17.6 Å². The smallest absolute Gasteiger partial charge is 0.387 e. The molecule has 1 aromatic heterocycles. The Morgan fingerprint density at radius 1 is 1.30 bits per heavy atom. The molecule has 5 nitrogen and oxygen atoms in total. The Bertz CT molecular complexity index is 804. The van der Waals surface area contributed by atoms with Gasteiger partial charge < -0.3 is 14.2 Å². The van der Waals surface area contributed by atoms with Gasteiger partial charge in [-0.2, -0.15) is 8.78 Å². The van der Waals surface area contributed by atoms with Gasteiger partial charge in [0.25, 0.3) is 5.91 Å². The van der Waals surface area contributed by atoms with Crippen LogP contribution in [0.1, 0.15) is 47.8 Å². The number of carbonyl (C=O) groups is 1. The molecule has 0 spiro atoms. The lowest BCUT2D eigenvalue weighted by Crippen LogP contribution is -2.39. The molecule has 2 aromatic rings. The zero-order valence-electron chi connectivity index (χ0n) is 15.1. The molecule has 0 unspecified atom stereocenters. The maximum absolute atomic E-state index is 12.9. The minimum Gasteiger partial charge on any atom is -0.435 e. The molecule has 2 fully saturated rings. The standard InChI is InChI=1S/C20H23F2N3O2/c21-20(22)27-17-5-1-3-15(11-17)19(26)25-9-2-4-16(13-25)18-23-8-10-24(18)12-14-6-7-14/h1,3,5,8,10-11,14,16,20H,2,4,6-7,9,12-13H2/t16-/m1/s1. The molecule has 7 heteroatoms. The van der Waals surface area contributed by atoms with Crippen LogP contribution in [0.15, 0.2) is 36.7 Å². The van der Waals surface area contributed by atoms with Crippen molar-refractivity contribution >= 4 is 5.91 Å². The molecule has 144 valence electrons. The van der Waals surface area contributed by atoms with Crippen molar-refractivity contribution in [3.05, 3.63) is 48.0 Å². The average molecular weight is 375 g/mol. The lowest BCUT2D eigenvalue weighted by atomic mass is 9.96. The molecule has 1 aromatic carbocycles. The predicted octanol–water partition coefficient (Wildman–Crippen LogP) is 3.91. The van der Waals surface area contributed by atoms with Crippen LogP contribution in [0.5, 0.6) is 5.75 Å². The largest absolute Gasteiger partial charge is 0.435 e. The highest BCUT2D eigenvalue weighted by Crippen LogP contribution is 2.33. The number of likely N-dealkylation sites (tertiary alicyclic amines) is 1. The summed E-state index contributed by atoms with van der Waals surface area (Å²) in [5.41, 5.74) is 0.370. The van der Waals surface area contributed by atoms with Gasteiger partial charge in [-0.05, 0) is 49.8 Å². The number of carbonyl (C=O) groups excluding carboxylic acids is 1. The van der Waals surface area contributed by atoms with Gasteiger partial charge in [-0.25, -0.2) is 4.98 Å². The number of amides is 1. The fourth-order valence-corrected chi connectivity index (χ4v) is 3.77. The number of alkyl halides is 2. The Balaban J connectivity index is 1.46. The number of aromatic nitrogens is 2. The molecule has 27 heavy (non-hydrogen) atoms. The first-order chi connectivity index (χ1) is 13.1. The molecule has 1 saturated heterocycles. The first-order valence-electron chi connectivity index (χ1n) is 9.45. The van der Waals surface area contributed by atoms with Crippen LogP contribution < -0.4 is 4.74 Å². The molecule has 1 aliphatic carbocycles. The van der Waals surface area contributed by atoms with Crippen molar-refractivity contribution in [2.75, 3.05) is 13.1 Å². The third kappa shape index (κ3) is 4.28. The minimum atomic E-state index is -2.90. The summed E-state index contributed by atoms with van der Waals surface area (Å²) in [5, 5.41) is 0. The van der Waals surface area contributed by atoms with Gasteiger partial charge in [0.1, 0.15) is 11.6 Å². The topological polar surface area (TPSA) is 47.4 Å². The van der Waals surface area contributed by atoms with Crippen molar-refractivity contribution < 1.29 is 18.3 Å². The zero-order chi connectivity index (χ0) is 18.8. The summed E-state index contributed by atoms with van der Waals surface area (Å²) in [7, 11) is 0. The van der Waals surface area contributed by atoms with Crippen molar-refractivity contribution in [3.63, 3.8) is 0 Å². The molecular weight excluding hydrogens is 352 g/mol. The molecule has 1 amide bonds. The van der Waals surface area contributed by atoms with E-state index in [9.17, 15) is 13.6 Å². The van der Waals surface area contributed by atoms with Crippen molar-refractivity contribution in [2.45, 2.75) is 44.8 Å². The second kappa shape index (κ2) is 7.66. The van der Waals surface area contributed by atoms with Crippen LogP contribution in [0.3, 0.4) is 0 Å². The second-order valence-electron chi connectivity index (χ2n) is 7.38. The van der Waals surface area contributed by atoms with E-state index in [1.807, 2.05) is 12.4 Å². The normalized spacial score (nSPS) is 20.1. The van der Waals surface area contributed by atoms with E-state index in [0.29, 0.717) is 18.7 Å². The van der Waals surface area contributed by atoms with Crippen LogP contribution in [0.4, 0.5) is 8.78 Å². The van der Waals surface area contributed by atoms with E-state index in [2.05, 4.69) is 14.3 Å². The van der Waals surface area contributed by atoms with Crippen LogP contribution >= 0.6 is 0 Å². The number of hydrogen-bond donors (Lipinski definition) is 0. The molecule has 1 aliphatic heterocycles. The molecule has 0 bridgehead atoms. The lowest BCUT2D eigenvalue weighted by Gasteiger charge is -2.33. The Labute approximate surface area is 156 Å². The summed E-state index contributed by atoms with van der Waals surface area (Å²) in [4.78, 5) is 19.2. The maximum atomic E-state index is 12.9. The average Bonchev–Trinajstić information content (AvgIpc) is 3.36. The Morgan fingerprint density at radius 3 is 2.93 bits per heavy atom. The highest BCUT2D eigenvalue weighted by atomic mass is 19.3. The van der Waals surface area contributed by atoms with Crippen molar-refractivity contribution in [1.82, 2.24) is 14.5 Å². The summed E-state index contributed by atoms with van der Waals surface area (Å²) in [6, 6.07) is 6.01. The first kappa shape index (κ1) is 17.9. The molecule has 0 N–H and O–H groups in total. The van der Waals surface area contributed by atoms with Crippen LogP contribution in [0.25, 0.3) is 0 Å². The van der Waals surface area contributed by atoms with Gasteiger partial charge in [0, 0.05) is 43.5 Å². The third-order valence-electron chi connectivity index (χ3n) is 5.28. The molecule has 1 atom stereocenters. The number of halogens is 2. The fourth-order valence-electron chi connectivity index (χ4n) is 3.77. The van der Waals surface area contributed by atoms with Crippen molar-refractivity contribution in [3.8, 4) is 5.75 Å². The summed E-state index contributed by atoms with van der Waals surface area (Å²) in [5.74, 6) is 1.87. The van der Waals surface area contributed by atoms with Gasteiger partial charge in [0.15, 0.2) is 0 Å². The summed E-state index contributed by atoms with van der Waals surface area (Å²) >= 11 is 0. The van der Waals surface area contributed by atoms with Gasteiger partial charge in [-0.3, -0.25) is 4.79 Å². The molecule has 4 rings (SSSR count). The zero-order valence-corrected chi connectivity index (χ0v) is 15.1. The van der Waals surface area contributed by atoms with Crippen LogP contribution in [-0.2, 0) is 6.54 Å². The Hall–Kier alpha value is -2.44. The van der Waals surface area contributed by atoms with E-state index < -0.39 is 6.61 Å². The highest BCUT2D eigenvalue weighted by Gasteiger charge is 2.30. The highest BCUT2D eigenvalue weighted by molar-refractivity contribution is 5.94. The summed E-state index contributed by atoms with van der Waals surface area (Å²) in [6.45, 7) is -0.633. The van der Waals surface area contributed by atoms with Gasteiger partial charge in [0.2, 0.25) is 0 Å². The second-order valence-corrected chi connectivity index (χ2v) is 7.38. The Kier molecular flexibility index (Phi) is 5.09. The molecular formula is C20H23F2N3O2. The van der Waals surface area contributed by atoms with Gasteiger partial charge in [-0.15, -0.1) is 0 Å². The summed E-state index contributed by atoms with van der Waals surface area (Å²) in [6.07, 6.45) is 8.33. The minimum absolute atomic E-state index is 0.00406. The number of imidazole rings is 1. The number of hydrogen-bond acceptors (Lipinski definition) is 3. The van der Waals surface area contributed by atoms with Crippen molar-refractivity contribution in [2.24, 2.45) is 5.92 Å². The van der Waals surface area contributed by atoms with E-state index in [0.717, 1.165) is 31.1 Å². The Morgan fingerprint density at radius 2 is 2.15 bits per heavy atom. The summed E-state index contributed by atoms with van der Waals surface area (Å²) < 4.78 is 31.5. The van der Waals surface area contributed by atoms with Gasteiger partial charge in [-0.1, -0.05) is 6.07 Å². The van der Waals surface area contributed by atoms with Crippen molar-refractivity contribution in [1.29, 1.82) is 0 Å². The molecule has 2 aliphatic rings. The van der Waals surface area contributed by atoms with Crippen LogP contribution in [0, 0.1) is 5.92 Å². The van der Waals surface area contributed by atoms with Crippen LogP contribution in [0.2, 0.25) is 0 Å². The maximum Gasteiger partial charge on any atom is 0.387 e. The van der Waals surface area contributed by atoms with Gasteiger partial charge in [0.05, 0.1) is 0 Å². The third-order valence-corrected chi connectivity index (χ3v) is 5.28. The lowest BCUT2D eigenvalue weighted by molar-refractivity contribution is -0.0499. The predicted molar refractivity (Wildman–Crippen MR) is 95.9 cm³/mol. The van der Waals surface area contributed by atoms with E-state index >= 15 is 0 Å². The SMILES string of the molecule is O=C(c1cccc(OC(F)F)c1)N1CCC[C@@H](c2nccn2CC2CC2)C1. The molecule has 0 radical (unpaired) electrons. The number of piperidine rings is 1. The monoisotopic (exact) mass is 375 g/mol. The quantitative estimate of drug-likeness (QED) is 0.769. The van der Waals surface area contributed by atoms with Crippen LogP contribution in [-0.4, -0.2) is 40.1 Å². The molecule has 1 saturated carbocycles. The number of rotatable bonds is 6.